The zero-order valence-corrected chi connectivity index (χ0v) is 17.2. The summed E-state index contributed by atoms with van der Waals surface area (Å²) in [5.41, 5.74) is 3.09. The smallest absolute Gasteiger partial charge is 0.322 e. The van der Waals surface area contributed by atoms with Crippen LogP contribution in [0, 0.1) is 5.82 Å². The number of fused-ring (bicyclic) bond motifs is 1. The topological polar surface area (TPSA) is 61.4 Å². The minimum atomic E-state index is -0.248. The van der Waals surface area contributed by atoms with Gasteiger partial charge in [-0.25, -0.2) is 9.18 Å². The molecule has 4 rings (SSSR count). The van der Waals surface area contributed by atoms with Crippen LogP contribution in [0.4, 0.5) is 14.9 Å². The lowest BCUT2D eigenvalue weighted by Gasteiger charge is -2.29. The Morgan fingerprint density at radius 3 is 2.67 bits per heavy atom. The molecule has 0 aliphatic carbocycles. The van der Waals surface area contributed by atoms with Crippen molar-refractivity contribution in [2.45, 2.75) is 19.4 Å². The molecule has 2 heterocycles. The predicted octanol–water partition coefficient (Wildman–Crippen LogP) is 4.45. The molecular weight excluding hydrogens is 401 g/mol. The number of urea groups is 1. The van der Waals surface area contributed by atoms with Gasteiger partial charge in [0.05, 0.1) is 0 Å². The van der Waals surface area contributed by atoms with Crippen molar-refractivity contribution in [3.8, 4) is 0 Å². The molecule has 0 spiro atoms. The second-order valence-electron chi connectivity index (χ2n) is 7.18. The van der Waals surface area contributed by atoms with Crippen LogP contribution < -0.4 is 10.6 Å². The highest BCUT2D eigenvalue weighted by Crippen LogP contribution is 2.21. The molecule has 1 aliphatic rings. The van der Waals surface area contributed by atoms with Crippen molar-refractivity contribution in [1.29, 1.82) is 0 Å². The molecule has 5 nitrogen and oxygen atoms in total. The summed E-state index contributed by atoms with van der Waals surface area (Å²) in [5.74, 6) is -0.383. The Balaban J connectivity index is 1.29. The van der Waals surface area contributed by atoms with Gasteiger partial charge in [0, 0.05) is 35.8 Å². The molecule has 1 aromatic heterocycles. The van der Waals surface area contributed by atoms with Crippen molar-refractivity contribution in [3.05, 3.63) is 87.4 Å². The van der Waals surface area contributed by atoms with E-state index in [2.05, 4.69) is 10.6 Å². The SMILES string of the molecule is O=C(NCCc1cccs1)c1ccc(NC(=O)N2CCc3cc(F)ccc3C2)cc1. The van der Waals surface area contributed by atoms with Crippen molar-refractivity contribution in [2.75, 3.05) is 18.4 Å². The first-order chi connectivity index (χ1) is 14.6. The number of amides is 3. The minimum absolute atomic E-state index is 0.135. The third kappa shape index (κ3) is 4.86. The number of nitrogens with zero attached hydrogens (tertiary/aromatic N) is 1. The first-order valence-corrected chi connectivity index (χ1v) is 10.7. The highest BCUT2D eigenvalue weighted by molar-refractivity contribution is 7.09. The average molecular weight is 424 g/mol. The monoisotopic (exact) mass is 423 g/mol. The molecule has 0 radical (unpaired) electrons. The summed E-state index contributed by atoms with van der Waals surface area (Å²) in [5, 5.41) is 7.79. The van der Waals surface area contributed by atoms with Crippen LogP contribution in [0.15, 0.2) is 60.0 Å². The van der Waals surface area contributed by atoms with Crippen LogP contribution in [-0.4, -0.2) is 29.9 Å². The van der Waals surface area contributed by atoms with Crippen LogP contribution in [0.5, 0.6) is 0 Å². The second kappa shape index (κ2) is 9.09. The first kappa shape index (κ1) is 20.1. The van der Waals surface area contributed by atoms with Crippen LogP contribution in [-0.2, 0) is 19.4 Å². The molecule has 7 heteroatoms. The van der Waals surface area contributed by atoms with Gasteiger partial charge < -0.3 is 15.5 Å². The Labute approximate surface area is 178 Å². The molecule has 3 aromatic rings. The largest absolute Gasteiger partial charge is 0.352 e. The summed E-state index contributed by atoms with van der Waals surface area (Å²) >= 11 is 1.67. The minimum Gasteiger partial charge on any atom is -0.352 e. The zero-order valence-electron chi connectivity index (χ0n) is 16.4. The van der Waals surface area contributed by atoms with Gasteiger partial charge >= 0.3 is 6.03 Å². The number of hydrogen-bond acceptors (Lipinski definition) is 3. The van der Waals surface area contributed by atoms with E-state index < -0.39 is 0 Å². The summed E-state index contributed by atoms with van der Waals surface area (Å²) in [6.45, 7) is 1.57. The third-order valence-electron chi connectivity index (χ3n) is 5.10. The van der Waals surface area contributed by atoms with Crippen molar-refractivity contribution in [1.82, 2.24) is 10.2 Å². The fraction of sp³-hybridized carbons (Fsp3) is 0.217. The van der Waals surface area contributed by atoms with Gasteiger partial charge in [0.2, 0.25) is 0 Å². The molecule has 0 saturated carbocycles. The standard InChI is InChI=1S/C23H22FN3O2S/c24-19-6-3-18-15-27(12-10-17(18)14-19)23(29)26-20-7-4-16(5-8-20)22(28)25-11-9-21-2-1-13-30-21/h1-8,13-14H,9-12,15H2,(H,25,28)(H,26,29). The van der Waals surface area contributed by atoms with E-state index in [4.69, 9.17) is 0 Å². The number of rotatable bonds is 5. The van der Waals surface area contributed by atoms with Crippen molar-refractivity contribution >= 4 is 29.0 Å². The van der Waals surface area contributed by atoms with E-state index >= 15 is 0 Å². The van der Waals surface area contributed by atoms with E-state index in [1.165, 1.54) is 17.0 Å². The van der Waals surface area contributed by atoms with Gasteiger partial charge in [-0.2, -0.15) is 0 Å². The molecule has 3 amide bonds. The molecule has 30 heavy (non-hydrogen) atoms. The fourth-order valence-corrected chi connectivity index (χ4v) is 4.17. The molecule has 0 fully saturated rings. The summed E-state index contributed by atoms with van der Waals surface area (Å²) < 4.78 is 13.3. The van der Waals surface area contributed by atoms with Gasteiger partial charge in [-0.15, -0.1) is 11.3 Å². The molecular formula is C23H22FN3O2S. The van der Waals surface area contributed by atoms with Crippen LogP contribution in [0.25, 0.3) is 0 Å². The van der Waals surface area contributed by atoms with Gasteiger partial charge in [-0.3, -0.25) is 4.79 Å². The van der Waals surface area contributed by atoms with E-state index in [0.29, 0.717) is 37.3 Å². The Morgan fingerprint density at radius 1 is 1.07 bits per heavy atom. The predicted molar refractivity (Wildman–Crippen MR) is 116 cm³/mol. The Hall–Kier alpha value is -3.19. The van der Waals surface area contributed by atoms with Gasteiger partial charge in [-0.1, -0.05) is 12.1 Å². The maximum Gasteiger partial charge on any atom is 0.322 e. The Morgan fingerprint density at radius 2 is 1.90 bits per heavy atom. The lowest BCUT2D eigenvalue weighted by atomic mass is 10.00. The summed E-state index contributed by atoms with van der Waals surface area (Å²) in [4.78, 5) is 27.8. The van der Waals surface area contributed by atoms with E-state index in [1.54, 1.807) is 46.6 Å². The fourth-order valence-electron chi connectivity index (χ4n) is 3.46. The molecule has 154 valence electrons. The summed E-state index contributed by atoms with van der Waals surface area (Å²) in [6, 6.07) is 15.4. The molecule has 2 N–H and O–H groups in total. The summed E-state index contributed by atoms with van der Waals surface area (Å²) in [7, 11) is 0. The van der Waals surface area contributed by atoms with Crippen LogP contribution >= 0.6 is 11.3 Å². The number of hydrogen-bond donors (Lipinski definition) is 2. The number of halogens is 1. The lowest BCUT2D eigenvalue weighted by Crippen LogP contribution is -2.38. The van der Waals surface area contributed by atoms with Crippen molar-refractivity contribution in [2.24, 2.45) is 0 Å². The number of anilines is 1. The quantitative estimate of drug-likeness (QED) is 0.637. The van der Waals surface area contributed by atoms with Crippen molar-refractivity contribution in [3.63, 3.8) is 0 Å². The van der Waals surface area contributed by atoms with Gasteiger partial charge in [0.1, 0.15) is 5.82 Å². The number of thiophene rings is 1. The van der Waals surface area contributed by atoms with Crippen LogP contribution in [0.1, 0.15) is 26.4 Å². The maximum absolute atomic E-state index is 13.3. The second-order valence-corrected chi connectivity index (χ2v) is 8.21. The summed E-state index contributed by atoms with van der Waals surface area (Å²) in [6.07, 6.45) is 1.44. The Kier molecular flexibility index (Phi) is 6.09. The number of carbonyl (C=O) groups excluding carboxylic acids is 2. The van der Waals surface area contributed by atoms with Crippen LogP contribution in [0.3, 0.4) is 0 Å². The number of nitrogens with one attached hydrogen (secondary N) is 2. The molecule has 0 atom stereocenters. The molecule has 0 saturated heterocycles. The normalized spacial score (nSPS) is 12.9. The highest BCUT2D eigenvalue weighted by atomic mass is 32.1. The van der Waals surface area contributed by atoms with Crippen LogP contribution in [0.2, 0.25) is 0 Å². The lowest BCUT2D eigenvalue weighted by molar-refractivity contribution is 0.0954. The molecule has 0 unspecified atom stereocenters. The average Bonchev–Trinajstić information content (AvgIpc) is 3.27. The third-order valence-corrected chi connectivity index (χ3v) is 6.04. The highest BCUT2D eigenvalue weighted by Gasteiger charge is 2.21. The maximum atomic E-state index is 13.3. The first-order valence-electron chi connectivity index (χ1n) is 9.82. The van der Waals surface area contributed by atoms with Gasteiger partial charge in [-0.05, 0) is 71.8 Å². The number of benzene rings is 2. The Bertz CT molecular complexity index is 1040. The van der Waals surface area contributed by atoms with Crippen molar-refractivity contribution < 1.29 is 14.0 Å². The van der Waals surface area contributed by atoms with E-state index in [9.17, 15) is 14.0 Å². The molecule has 2 aromatic carbocycles. The van der Waals surface area contributed by atoms with E-state index in [-0.39, 0.29) is 17.8 Å². The van der Waals surface area contributed by atoms with E-state index in [1.807, 2.05) is 17.5 Å². The van der Waals surface area contributed by atoms with E-state index in [0.717, 1.165) is 17.5 Å². The van der Waals surface area contributed by atoms with Gasteiger partial charge in [0.25, 0.3) is 5.91 Å². The number of carbonyl (C=O) groups is 2. The molecule has 0 bridgehead atoms. The zero-order chi connectivity index (χ0) is 20.9. The molecule has 1 aliphatic heterocycles. The van der Waals surface area contributed by atoms with Gasteiger partial charge in [0.15, 0.2) is 0 Å².